The summed E-state index contributed by atoms with van der Waals surface area (Å²) in [7, 11) is 1.78. The lowest BCUT2D eigenvalue weighted by Gasteiger charge is -2.30. The number of tetrazole rings is 1. The molecule has 0 radical (unpaired) electrons. The van der Waals surface area contributed by atoms with Gasteiger partial charge < -0.3 is 5.32 Å². The number of halogens is 1. The van der Waals surface area contributed by atoms with E-state index in [1.807, 2.05) is 0 Å². The fourth-order valence-corrected chi connectivity index (χ4v) is 2.93. The minimum absolute atomic E-state index is 0.674. The van der Waals surface area contributed by atoms with E-state index in [4.69, 9.17) is 11.6 Å². The molecule has 6 heteroatoms. The monoisotopic (exact) mass is 257 g/mol. The van der Waals surface area contributed by atoms with Crippen molar-refractivity contribution < 1.29 is 0 Å². The summed E-state index contributed by atoms with van der Waals surface area (Å²) in [6.07, 6.45) is 5.24. The van der Waals surface area contributed by atoms with Gasteiger partial charge in [-0.1, -0.05) is 12.8 Å². The number of alkyl halides is 1. The summed E-state index contributed by atoms with van der Waals surface area (Å²) in [5.41, 5.74) is 0. The van der Waals surface area contributed by atoms with Crippen molar-refractivity contribution in [2.75, 3.05) is 12.4 Å². The van der Waals surface area contributed by atoms with E-state index in [0.717, 1.165) is 18.2 Å². The average molecular weight is 258 g/mol. The molecule has 0 amide bonds. The molecule has 1 saturated carbocycles. The minimum atomic E-state index is 0.674. The zero-order valence-electron chi connectivity index (χ0n) is 10.3. The molecule has 2 atom stereocenters. The van der Waals surface area contributed by atoms with Crippen LogP contribution >= 0.6 is 11.6 Å². The third-order valence-corrected chi connectivity index (χ3v) is 3.90. The van der Waals surface area contributed by atoms with Crippen LogP contribution in [0.15, 0.2) is 0 Å². The first-order valence-electron chi connectivity index (χ1n) is 6.29. The second-order valence-electron chi connectivity index (χ2n) is 4.78. The Kier molecular flexibility index (Phi) is 4.74. The Bertz CT molecular complexity index is 340. The lowest BCUT2D eigenvalue weighted by molar-refractivity contribution is 0.250. The van der Waals surface area contributed by atoms with Crippen molar-refractivity contribution in [2.45, 2.75) is 32.2 Å². The van der Waals surface area contributed by atoms with Crippen molar-refractivity contribution in [2.24, 2.45) is 18.9 Å². The Morgan fingerprint density at radius 2 is 2.12 bits per heavy atom. The Morgan fingerprint density at radius 1 is 1.35 bits per heavy atom. The van der Waals surface area contributed by atoms with Gasteiger partial charge in [-0.2, -0.15) is 4.80 Å². The van der Waals surface area contributed by atoms with Gasteiger partial charge in [0.25, 0.3) is 0 Å². The molecule has 0 saturated heterocycles. The maximum atomic E-state index is 6.01. The minimum Gasteiger partial charge on any atom is -0.309 e. The van der Waals surface area contributed by atoms with Gasteiger partial charge in [-0.3, -0.25) is 0 Å². The fourth-order valence-electron chi connectivity index (χ4n) is 2.52. The molecule has 5 nitrogen and oxygen atoms in total. The van der Waals surface area contributed by atoms with Crippen molar-refractivity contribution in [1.82, 2.24) is 25.5 Å². The zero-order valence-corrected chi connectivity index (χ0v) is 11.0. The number of hydrogen-bond acceptors (Lipinski definition) is 4. The summed E-state index contributed by atoms with van der Waals surface area (Å²) in [5, 5.41) is 15.3. The highest BCUT2D eigenvalue weighted by molar-refractivity contribution is 6.18. The van der Waals surface area contributed by atoms with Crippen LogP contribution in [-0.2, 0) is 13.6 Å². The van der Waals surface area contributed by atoms with Gasteiger partial charge in [-0.25, -0.2) is 0 Å². The maximum Gasteiger partial charge on any atom is 0.188 e. The first-order valence-corrected chi connectivity index (χ1v) is 6.82. The van der Waals surface area contributed by atoms with E-state index in [9.17, 15) is 0 Å². The quantitative estimate of drug-likeness (QED) is 0.809. The number of nitrogens with one attached hydrogen (secondary N) is 1. The van der Waals surface area contributed by atoms with E-state index in [2.05, 4.69) is 20.7 Å². The summed E-state index contributed by atoms with van der Waals surface area (Å²) in [4.78, 5) is 1.49. The Morgan fingerprint density at radius 3 is 2.76 bits per heavy atom. The molecule has 1 aliphatic carbocycles. The normalized spacial score (nSPS) is 25.1. The van der Waals surface area contributed by atoms with E-state index in [1.165, 1.54) is 30.5 Å². The molecule has 0 aromatic carbocycles. The standard InChI is InChI=1S/C11H20ClN5/c1-17-15-11(14-16-17)8-13-7-10-5-3-2-4-9(10)6-12/h9-10,13H,2-8H2,1H3. The highest BCUT2D eigenvalue weighted by Gasteiger charge is 2.23. The van der Waals surface area contributed by atoms with E-state index < -0.39 is 0 Å². The van der Waals surface area contributed by atoms with Gasteiger partial charge in [0.2, 0.25) is 0 Å². The zero-order chi connectivity index (χ0) is 12.1. The number of nitrogens with zero attached hydrogens (tertiary/aromatic N) is 4. The second-order valence-corrected chi connectivity index (χ2v) is 5.09. The van der Waals surface area contributed by atoms with Crippen LogP contribution in [0.5, 0.6) is 0 Å². The predicted molar refractivity (Wildman–Crippen MR) is 66.7 cm³/mol. The van der Waals surface area contributed by atoms with E-state index in [0.29, 0.717) is 18.4 Å². The number of hydrogen-bond donors (Lipinski definition) is 1. The third kappa shape index (κ3) is 3.64. The Hall–Kier alpha value is -0.680. The van der Waals surface area contributed by atoms with Crippen LogP contribution in [0.3, 0.4) is 0 Å². The largest absolute Gasteiger partial charge is 0.309 e. The number of aryl methyl sites for hydroxylation is 1. The van der Waals surface area contributed by atoms with Crippen LogP contribution in [-0.4, -0.2) is 32.6 Å². The van der Waals surface area contributed by atoms with Gasteiger partial charge in [0.1, 0.15) is 0 Å². The summed E-state index contributed by atoms with van der Waals surface area (Å²) in [5.74, 6) is 2.92. The molecule has 1 N–H and O–H groups in total. The van der Waals surface area contributed by atoms with Crippen molar-refractivity contribution in [3.63, 3.8) is 0 Å². The van der Waals surface area contributed by atoms with Crippen molar-refractivity contribution in [3.05, 3.63) is 5.82 Å². The van der Waals surface area contributed by atoms with E-state index >= 15 is 0 Å². The molecular formula is C11H20ClN5. The van der Waals surface area contributed by atoms with Crippen molar-refractivity contribution in [1.29, 1.82) is 0 Å². The van der Waals surface area contributed by atoms with Gasteiger partial charge in [0.05, 0.1) is 13.6 Å². The molecule has 0 aliphatic heterocycles. The molecule has 1 aromatic rings. The summed E-state index contributed by atoms with van der Waals surface area (Å²) < 4.78 is 0. The molecule has 96 valence electrons. The Balaban J connectivity index is 1.73. The molecule has 1 heterocycles. The third-order valence-electron chi connectivity index (χ3n) is 3.50. The van der Waals surface area contributed by atoms with Gasteiger partial charge in [-0.15, -0.1) is 21.8 Å². The first-order chi connectivity index (χ1) is 8.29. The molecule has 2 unspecified atom stereocenters. The van der Waals surface area contributed by atoms with Gasteiger partial charge in [0, 0.05) is 5.88 Å². The lowest BCUT2D eigenvalue weighted by atomic mass is 9.80. The number of aromatic nitrogens is 4. The first kappa shape index (κ1) is 12.8. The highest BCUT2D eigenvalue weighted by Crippen LogP contribution is 2.30. The predicted octanol–water partition coefficient (Wildman–Crippen LogP) is 1.34. The molecule has 0 spiro atoms. The molecule has 1 fully saturated rings. The molecule has 0 bridgehead atoms. The van der Waals surface area contributed by atoms with E-state index in [-0.39, 0.29) is 0 Å². The molecule has 1 aliphatic rings. The van der Waals surface area contributed by atoms with E-state index in [1.54, 1.807) is 7.05 Å². The molecule has 1 aromatic heterocycles. The van der Waals surface area contributed by atoms with Crippen LogP contribution in [0, 0.1) is 11.8 Å². The average Bonchev–Trinajstić information content (AvgIpc) is 2.76. The van der Waals surface area contributed by atoms with Crippen molar-refractivity contribution in [3.8, 4) is 0 Å². The van der Waals surface area contributed by atoms with Gasteiger partial charge in [-0.05, 0) is 36.4 Å². The fraction of sp³-hybridized carbons (Fsp3) is 0.909. The van der Waals surface area contributed by atoms with Crippen LogP contribution in [0.25, 0.3) is 0 Å². The van der Waals surface area contributed by atoms with Crippen LogP contribution in [0.4, 0.5) is 0 Å². The molecular weight excluding hydrogens is 238 g/mol. The smallest absolute Gasteiger partial charge is 0.188 e. The highest BCUT2D eigenvalue weighted by atomic mass is 35.5. The second kappa shape index (κ2) is 6.31. The van der Waals surface area contributed by atoms with Gasteiger partial charge >= 0.3 is 0 Å². The number of rotatable bonds is 5. The van der Waals surface area contributed by atoms with Gasteiger partial charge in [0.15, 0.2) is 5.82 Å². The van der Waals surface area contributed by atoms with Crippen LogP contribution in [0.2, 0.25) is 0 Å². The summed E-state index contributed by atoms with van der Waals surface area (Å²) >= 11 is 6.01. The van der Waals surface area contributed by atoms with Crippen LogP contribution in [0.1, 0.15) is 31.5 Å². The SMILES string of the molecule is Cn1nnc(CNCC2CCCCC2CCl)n1. The summed E-state index contributed by atoms with van der Waals surface area (Å²) in [6, 6.07) is 0. The molecule has 2 rings (SSSR count). The van der Waals surface area contributed by atoms with Crippen molar-refractivity contribution >= 4 is 11.6 Å². The molecule has 17 heavy (non-hydrogen) atoms. The lowest BCUT2D eigenvalue weighted by Crippen LogP contribution is -2.31. The topological polar surface area (TPSA) is 55.6 Å². The Labute approximate surface area is 107 Å². The summed E-state index contributed by atoms with van der Waals surface area (Å²) in [6.45, 7) is 1.70. The van der Waals surface area contributed by atoms with Crippen LogP contribution < -0.4 is 5.32 Å². The maximum absolute atomic E-state index is 6.01.